The molecule has 0 N–H and O–H groups in total. The van der Waals surface area contributed by atoms with Crippen LogP contribution in [0.3, 0.4) is 0 Å². The monoisotopic (exact) mass is 365 g/mol. The van der Waals surface area contributed by atoms with Gasteiger partial charge in [0.25, 0.3) is 11.8 Å². The van der Waals surface area contributed by atoms with Crippen molar-refractivity contribution in [1.29, 1.82) is 0 Å². The number of amides is 2. The van der Waals surface area contributed by atoms with E-state index < -0.39 is 11.8 Å². The van der Waals surface area contributed by atoms with E-state index in [9.17, 15) is 9.59 Å². The third kappa shape index (κ3) is 2.65. The first-order valence-corrected chi connectivity index (χ1v) is 7.85. The van der Waals surface area contributed by atoms with Gasteiger partial charge in [-0.25, -0.2) is 4.90 Å². The predicted octanol–water partition coefficient (Wildman–Crippen LogP) is 4.83. The van der Waals surface area contributed by atoms with Crippen molar-refractivity contribution >= 4 is 57.9 Å². The second-order valence-corrected chi connectivity index (χ2v) is 6.27. The predicted molar refractivity (Wildman–Crippen MR) is 92.9 cm³/mol. The van der Waals surface area contributed by atoms with Gasteiger partial charge in [-0.1, -0.05) is 59.1 Å². The molecule has 2 amide bonds. The van der Waals surface area contributed by atoms with Gasteiger partial charge in [0, 0.05) is 10.6 Å². The maximum Gasteiger partial charge on any atom is 0.277 e. The number of hydrogen-bond donors (Lipinski definition) is 0. The second kappa shape index (κ2) is 6.00. The van der Waals surface area contributed by atoms with Crippen LogP contribution in [0, 0.1) is 6.92 Å². The van der Waals surface area contributed by atoms with Crippen molar-refractivity contribution in [3.8, 4) is 0 Å². The van der Waals surface area contributed by atoms with Crippen molar-refractivity contribution in [3.05, 3.63) is 68.7 Å². The van der Waals surface area contributed by atoms with Gasteiger partial charge in [-0.15, -0.1) is 0 Å². The van der Waals surface area contributed by atoms with Crippen LogP contribution in [0.2, 0.25) is 10.0 Å². The summed E-state index contributed by atoms with van der Waals surface area (Å²) in [5.74, 6) is -1.06. The summed E-state index contributed by atoms with van der Waals surface area (Å²) < 4.78 is 0. The lowest BCUT2D eigenvalue weighted by Crippen LogP contribution is -2.31. The number of anilines is 1. The van der Waals surface area contributed by atoms with Crippen molar-refractivity contribution in [1.82, 2.24) is 0 Å². The van der Waals surface area contributed by atoms with Gasteiger partial charge in [-0.05, 0) is 30.7 Å². The summed E-state index contributed by atoms with van der Waals surface area (Å²) in [6.07, 6.45) is 0. The Labute approximate surface area is 148 Å². The number of carbonyl (C=O) groups excluding carboxylic acids is 2. The minimum Gasteiger partial charge on any atom is -0.268 e. The molecule has 116 valence electrons. The largest absolute Gasteiger partial charge is 0.277 e. The smallest absolute Gasteiger partial charge is 0.268 e. The molecule has 3 nitrogen and oxygen atoms in total. The molecule has 0 saturated carbocycles. The Morgan fingerprint density at radius 3 is 2.26 bits per heavy atom. The zero-order valence-corrected chi connectivity index (χ0v) is 14.2. The summed E-state index contributed by atoms with van der Waals surface area (Å²) in [6.45, 7) is 1.82. The van der Waals surface area contributed by atoms with Gasteiger partial charge in [0.15, 0.2) is 0 Å². The van der Waals surface area contributed by atoms with E-state index in [2.05, 4.69) is 0 Å². The van der Waals surface area contributed by atoms with Crippen molar-refractivity contribution in [2.24, 2.45) is 0 Å². The first kappa shape index (κ1) is 16.1. The van der Waals surface area contributed by atoms with Gasteiger partial charge < -0.3 is 0 Å². The SMILES string of the molecule is Cc1ccccc1N1C(=O)C(Cl)=C(c2ccc(Cl)cc2Cl)C1=O. The van der Waals surface area contributed by atoms with Crippen LogP contribution in [0.4, 0.5) is 5.69 Å². The molecule has 0 radical (unpaired) electrons. The van der Waals surface area contributed by atoms with Gasteiger partial charge in [0.05, 0.1) is 16.3 Å². The fourth-order valence-electron chi connectivity index (χ4n) is 2.46. The molecule has 1 heterocycles. The minimum absolute atomic E-state index is 0.0848. The Hall–Kier alpha value is -1.81. The maximum atomic E-state index is 12.8. The van der Waals surface area contributed by atoms with Gasteiger partial charge >= 0.3 is 0 Å². The quantitative estimate of drug-likeness (QED) is 0.714. The summed E-state index contributed by atoms with van der Waals surface area (Å²) in [5.41, 5.74) is 1.76. The molecule has 0 bridgehead atoms. The van der Waals surface area contributed by atoms with Crippen molar-refractivity contribution in [2.75, 3.05) is 4.90 Å². The van der Waals surface area contributed by atoms with Crippen LogP contribution in [0.1, 0.15) is 11.1 Å². The maximum absolute atomic E-state index is 12.8. The fourth-order valence-corrected chi connectivity index (χ4v) is 3.23. The molecular weight excluding hydrogens is 357 g/mol. The highest BCUT2D eigenvalue weighted by Crippen LogP contribution is 2.38. The summed E-state index contributed by atoms with van der Waals surface area (Å²) in [7, 11) is 0. The summed E-state index contributed by atoms with van der Waals surface area (Å²) in [5, 5.41) is 0.545. The Balaban J connectivity index is 2.12. The molecule has 2 aromatic rings. The molecule has 0 spiro atoms. The summed E-state index contributed by atoms with van der Waals surface area (Å²) in [4.78, 5) is 26.3. The first-order valence-electron chi connectivity index (χ1n) is 6.71. The number of halogens is 3. The molecule has 0 saturated heterocycles. The highest BCUT2D eigenvalue weighted by molar-refractivity contribution is 6.61. The number of rotatable bonds is 2. The highest BCUT2D eigenvalue weighted by atomic mass is 35.5. The fraction of sp³-hybridized carbons (Fsp3) is 0.0588. The van der Waals surface area contributed by atoms with Crippen LogP contribution in [0.15, 0.2) is 47.5 Å². The molecule has 0 atom stereocenters. The van der Waals surface area contributed by atoms with E-state index in [4.69, 9.17) is 34.8 Å². The Bertz CT molecular complexity index is 874. The van der Waals surface area contributed by atoms with Crippen molar-refractivity contribution < 1.29 is 9.59 Å². The van der Waals surface area contributed by atoms with Crippen LogP contribution in [0.5, 0.6) is 0 Å². The Morgan fingerprint density at radius 2 is 1.61 bits per heavy atom. The molecule has 6 heteroatoms. The lowest BCUT2D eigenvalue weighted by Gasteiger charge is -2.17. The number of aryl methyl sites for hydroxylation is 1. The molecule has 0 fully saturated rings. The molecule has 0 aliphatic carbocycles. The summed E-state index contributed by atoms with van der Waals surface area (Å²) in [6, 6.07) is 11.8. The number of imide groups is 1. The van der Waals surface area contributed by atoms with E-state index in [-0.39, 0.29) is 15.6 Å². The number of para-hydroxylation sites is 1. The van der Waals surface area contributed by atoms with Gasteiger partial charge in [0.2, 0.25) is 0 Å². The zero-order valence-electron chi connectivity index (χ0n) is 11.9. The lowest BCUT2D eigenvalue weighted by molar-refractivity contribution is -0.119. The molecule has 2 aromatic carbocycles. The van der Waals surface area contributed by atoms with E-state index in [0.717, 1.165) is 10.5 Å². The highest BCUT2D eigenvalue weighted by Gasteiger charge is 2.40. The molecule has 3 rings (SSSR count). The standard InChI is InChI=1S/C17H10Cl3NO2/c1-9-4-2-3-5-13(9)21-16(22)14(15(20)17(21)23)11-7-6-10(18)8-12(11)19/h2-8H,1H3. The van der Waals surface area contributed by atoms with Gasteiger partial charge in [-0.2, -0.15) is 0 Å². The molecule has 1 aliphatic heterocycles. The van der Waals surface area contributed by atoms with Crippen LogP contribution in [-0.2, 0) is 9.59 Å². The third-order valence-corrected chi connectivity index (χ3v) is 4.48. The number of carbonyl (C=O) groups is 2. The average Bonchev–Trinajstić information content (AvgIpc) is 2.71. The molecule has 0 unspecified atom stereocenters. The number of benzene rings is 2. The molecule has 1 aliphatic rings. The molecule has 0 aromatic heterocycles. The van der Waals surface area contributed by atoms with Gasteiger partial charge in [-0.3, -0.25) is 9.59 Å². The number of hydrogen-bond acceptors (Lipinski definition) is 2. The lowest BCUT2D eigenvalue weighted by atomic mass is 10.1. The van der Waals surface area contributed by atoms with Crippen LogP contribution < -0.4 is 4.90 Å². The Morgan fingerprint density at radius 1 is 0.913 bits per heavy atom. The summed E-state index contributed by atoms with van der Waals surface area (Å²) >= 11 is 18.2. The van der Waals surface area contributed by atoms with Crippen LogP contribution in [-0.4, -0.2) is 11.8 Å². The van der Waals surface area contributed by atoms with E-state index in [0.29, 0.717) is 16.3 Å². The third-order valence-electron chi connectivity index (χ3n) is 3.58. The van der Waals surface area contributed by atoms with Crippen LogP contribution >= 0.6 is 34.8 Å². The van der Waals surface area contributed by atoms with E-state index in [1.54, 1.807) is 24.3 Å². The first-order chi connectivity index (χ1) is 10.9. The van der Waals surface area contributed by atoms with Crippen molar-refractivity contribution in [3.63, 3.8) is 0 Å². The molecular formula is C17H10Cl3NO2. The van der Waals surface area contributed by atoms with Gasteiger partial charge in [0.1, 0.15) is 5.03 Å². The second-order valence-electron chi connectivity index (χ2n) is 5.05. The minimum atomic E-state index is -0.563. The van der Waals surface area contributed by atoms with E-state index in [1.807, 2.05) is 19.1 Å². The average molecular weight is 367 g/mol. The zero-order chi connectivity index (χ0) is 16.7. The van der Waals surface area contributed by atoms with E-state index in [1.165, 1.54) is 6.07 Å². The van der Waals surface area contributed by atoms with E-state index >= 15 is 0 Å². The normalized spacial score (nSPS) is 14.9. The number of nitrogens with zero attached hydrogens (tertiary/aromatic N) is 1. The Kier molecular flexibility index (Phi) is 4.19. The van der Waals surface area contributed by atoms with Crippen molar-refractivity contribution in [2.45, 2.75) is 6.92 Å². The topological polar surface area (TPSA) is 37.4 Å². The molecule has 23 heavy (non-hydrogen) atoms. The van der Waals surface area contributed by atoms with Crippen LogP contribution in [0.25, 0.3) is 5.57 Å².